The summed E-state index contributed by atoms with van der Waals surface area (Å²) in [5, 5.41) is 5.87. The van der Waals surface area contributed by atoms with E-state index in [-0.39, 0.29) is 5.91 Å². The first-order valence-electron chi connectivity index (χ1n) is 10.3. The molecule has 162 valence electrons. The molecule has 7 heteroatoms. The van der Waals surface area contributed by atoms with Crippen molar-refractivity contribution in [2.45, 2.75) is 13.8 Å². The molecule has 2 heterocycles. The molecule has 0 aliphatic carbocycles. The fourth-order valence-electron chi connectivity index (χ4n) is 3.18. The van der Waals surface area contributed by atoms with Crippen molar-refractivity contribution >= 4 is 22.9 Å². The van der Waals surface area contributed by atoms with Gasteiger partial charge in [-0.3, -0.25) is 9.78 Å². The standard InChI is InChI=1S/C25H23N3O3S/c1-3-30-22-11-10-18(14-23(22)31-4-2)24(29)27-20-9-5-7-17(13-20)21-16-32-25(28-21)19-8-6-12-26-15-19/h5-16H,3-4H2,1-2H3,(H,27,29). The summed E-state index contributed by atoms with van der Waals surface area (Å²) in [5.74, 6) is 0.961. The van der Waals surface area contributed by atoms with E-state index in [0.717, 1.165) is 21.8 Å². The van der Waals surface area contributed by atoms with Gasteiger partial charge in [-0.1, -0.05) is 12.1 Å². The molecule has 4 rings (SSSR count). The van der Waals surface area contributed by atoms with Crippen molar-refractivity contribution in [2.24, 2.45) is 0 Å². The minimum Gasteiger partial charge on any atom is -0.490 e. The van der Waals surface area contributed by atoms with Gasteiger partial charge in [0.15, 0.2) is 11.5 Å². The van der Waals surface area contributed by atoms with Crippen molar-refractivity contribution in [2.75, 3.05) is 18.5 Å². The Bertz CT molecular complexity index is 1210. The van der Waals surface area contributed by atoms with Crippen LogP contribution in [0.1, 0.15) is 24.2 Å². The number of nitrogens with one attached hydrogen (secondary N) is 1. The summed E-state index contributed by atoms with van der Waals surface area (Å²) in [6.07, 6.45) is 3.54. The lowest BCUT2D eigenvalue weighted by molar-refractivity contribution is 0.102. The highest BCUT2D eigenvalue weighted by molar-refractivity contribution is 7.13. The summed E-state index contributed by atoms with van der Waals surface area (Å²) in [6, 6.07) is 16.7. The molecule has 2 aromatic carbocycles. The van der Waals surface area contributed by atoms with Crippen LogP contribution in [0.15, 0.2) is 72.4 Å². The number of thiazole rings is 1. The van der Waals surface area contributed by atoms with Gasteiger partial charge in [0.1, 0.15) is 5.01 Å². The number of carbonyl (C=O) groups is 1. The lowest BCUT2D eigenvalue weighted by Crippen LogP contribution is -2.12. The number of aromatic nitrogens is 2. The first kappa shape index (κ1) is 21.5. The van der Waals surface area contributed by atoms with E-state index in [2.05, 4.69) is 10.3 Å². The number of amides is 1. The third-order valence-electron chi connectivity index (χ3n) is 4.63. The Kier molecular flexibility index (Phi) is 6.77. The molecule has 0 fully saturated rings. The molecular weight excluding hydrogens is 422 g/mol. The van der Waals surface area contributed by atoms with E-state index < -0.39 is 0 Å². The predicted molar refractivity (Wildman–Crippen MR) is 128 cm³/mol. The molecule has 0 spiro atoms. The second kappa shape index (κ2) is 10.1. The van der Waals surface area contributed by atoms with Crippen molar-refractivity contribution < 1.29 is 14.3 Å². The second-order valence-electron chi connectivity index (χ2n) is 6.84. The molecule has 0 radical (unpaired) electrons. The van der Waals surface area contributed by atoms with E-state index in [9.17, 15) is 4.79 Å². The van der Waals surface area contributed by atoms with Gasteiger partial charge in [-0.2, -0.15) is 0 Å². The molecule has 4 aromatic rings. The summed E-state index contributed by atoms with van der Waals surface area (Å²) in [6.45, 7) is 4.82. The predicted octanol–water partition coefficient (Wildman–Crippen LogP) is 5.92. The molecule has 0 bridgehead atoms. The third-order valence-corrected chi connectivity index (χ3v) is 5.53. The smallest absolute Gasteiger partial charge is 0.255 e. The van der Waals surface area contributed by atoms with Crippen LogP contribution in [0.2, 0.25) is 0 Å². The van der Waals surface area contributed by atoms with Gasteiger partial charge in [-0.05, 0) is 56.3 Å². The van der Waals surface area contributed by atoms with Gasteiger partial charge in [-0.25, -0.2) is 4.98 Å². The van der Waals surface area contributed by atoms with Crippen molar-refractivity contribution in [1.29, 1.82) is 0 Å². The summed E-state index contributed by atoms with van der Waals surface area (Å²) in [7, 11) is 0. The molecule has 0 unspecified atom stereocenters. The summed E-state index contributed by atoms with van der Waals surface area (Å²) >= 11 is 1.56. The van der Waals surface area contributed by atoms with Crippen LogP contribution in [0.5, 0.6) is 11.5 Å². The zero-order valence-electron chi connectivity index (χ0n) is 17.9. The highest BCUT2D eigenvalue weighted by atomic mass is 32.1. The number of hydrogen-bond donors (Lipinski definition) is 1. The normalized spacial score (nSPS) is 10.6. The molecule has 0 saturated heterocycles. The Balaban J connectivity index is 1.53. The number of pyridine rings is 1. The minimum absolute atomic E-state index is 0.222. The molecular formula is C25H23N3O3S. The van der Waals surface area contributed by atoms with Crippen LogP contribution in [-0.2, 0) is 0 Å². The lowest BCUT2D eigenvalue weighted by atomic mass is 10.1. The van der Waals surface area contributed by atoms with Gasteiger partial charge in [0.2, 0.25) is 0 Å². The second-order valence-corrected chi connectivity index (χ2v) is 7.70. The van der Waals surface area contributed by atoms with Gasteiger partial charge in [0.05, 0.1) is 18.9 Å². The van der Waals surface area contributed by atoms with Gasteiger partial charge < -0.3 is 14.8 Å². The monoisotopic (exact) mass is 445 g/mol. The van der Waals surface area contributed by atoms with Crippen LogP contribution in [0.25, 0.3) is 21.8 Å². The third kappa shape index (κ3) is 4.95. The number of nitrogens with zero attached hydrogens (tertiary/aromatic N) is 2. The number of hydrogen-bond acceptors (Lipinski definition) is 6. The van der Waals surface area contributed by atoms with E-state index in [4.69, 9.17) is 14.5 Å². The van der Waals surface area contributed by atoms with Crippen molar-refractivity contribution in [3.8, 4) is 33.3 Å². The average molecular weight is 446 g/mol. The van der Waals surface area contributed by atoms with Crippen LogP contribution in [0.3, 0.4) is 0 Å². The maximum absolute atomic E-state index is 12.8. The van der Waals surface area contributed by atoms with Crippen LogP contribution in [-0.4, -0.2) is 29.1 Å². The molecule has 1 amide bonds. The average Bonchev–Trinajstić information content (AvgIpc) is 3.32. The van der Waals surface area contributed by atoms with Crippen molar-refractivity contribution in [1.82, 2.24) is 9.97 Å². The quantitative estimate of drug-likeness (QED) is 0.364. The van der Waals surface area contributed by atoms with Crippen LogP contribution in [0.4, 0.5) is 5.69 Å². The molecule has 0 saturated carbocycles. The Morgan fingerprint density at radius 2 is 1.78 bits per heavy atom. The first-order chi connectivity index (χ1) is 15.7. The molecule has 6 nitrogen and oxygen atoms in total. The SMILES string of the molecule is CCOc1ccc(C(=O)Nc2cccc(-c3csc(-c4cccnc4)n3)c2)cc1OCC. The Labute approximate surface area is 190 Å². The number of ether oxygens (including phenoxy) is 2. The maximum atomic E-state index is 12.8. The summed E-state index contributed by atoms with van der Waals surface area (Å²) < 4.78 is 11.2. The van der Waals surface area contributed by atoms with E-state index in [0.29, 0.717) is 36.0 Å². The zero-order chi connectivity index (χ0) is 22.3. The van der Waals surface area contributed by atoms with Gasteiger partial charge in [-0.15, -0.1) is 11.3 Å². The fraction of sp³-hybridized carbons (Fsp3) is 0.160. The zero-order valence-corrected chi connectivity index (χ0v) is 18.7. The molecule has 2 aromatic heterocycles. The lowest BCUT2D eigenvalue weighted by Gasteiger charge is -2.12. The van der Waals surface area contributed by atoms with Gasteiger partial charge in [0, 0.05) is 40.2 Å². The van der Waals surface area contributed by atoms with Crippen molar-refractivity contribution in [3.63, 3.8) is 0 Å². The first-order valence-corrected chi connectivity index (χ1v) is 11.2. The highest BCUT2D eigenvalue weighted by Crippen LogP contribution is 2.31. The minimum atomic E-state index is -0.222. The van der Waals surface area contributed by atoms with Crippen LogP contribution in [0, 0.1) is 0 Å². The van der Waals surface area contributed by atoms with Gasteiger partial charge >= 0.3 is 0 Å². The Morgan fingerprint density at radius 3 is 2.56 bits per heavy atom. The molecule has 0 aliphatic rings. The van der Waals surface area contributed by atoms with Crippen molar-refractivity contribution in [3.05, 3.63) is 77.9 Å². The number of carbonyl (C=O) groups excluding carboxylic acids is 1. The summed E-state index contributed by atoms with van der Waals surface area (Å²) in [4.78, 5) is 21.7. The summed E-state index contributed by atoms with van der Waals surface area (Å²) in [5.41, 5.74) is 3.94. The largest absolute Gasteiger partial charge is 0.490 e. The molecule has 0 atom stereocenters. The molecule has 1 N–H and O–H groups in total. The number of benzene rings is 2. The van der Waals surface area contributed by atoms with Gasteiger partial charge in [0.25, 0.3) is 5.91 Å². The topological polar surface area (TPSA) is 73.3 Å². The van der Waals surface area contributed by atoms with Crippen LogP contribution >= 0.6 is 11.3 Å². The number of anilines is 1. The molecule has 32 heavy (non-hydrogen) atoms. The van der Waals surface area contributed by atoms with E-state index in [1.54, 1.807) is 41.9 Å². The maximum Gasteiger partial charge on any atom is 0.255 e. The van der Waals surface area contributed by atoms with Crippen LogP contribution < -0.4 is 14.8 Å². The Hall–Kier alpha value is -3.71. The van der Waals surface area contributed by atoms with E-state index >= 15 is 0 Å². The Morgan fingerprint density at radius 1 is 0.969 bits per heavy atom. The number of rotatable bonds is 8. The van der Waals surface area contributed by atoms with E-state index in [1.807, 2.05) is 55.6 Å². The highest BCUT2D eigenvalue weighted by Gasteiger charge is 2.13. The van der Waals surface area contributed by atoms with E-state index in [1.165, 1.54) is 0 Å². The molecule has 0 aliphatic heterocycles. The fourth-order valence-corrected chi connectivity index (χ4v) is 4.00.